The van der Waals surface area contributed by atoms with Gasteiger partial charge in [0, 0.05) is 7.89 Å². The van der Waals surface area contributed by atoms with Gasteiger partial charge in [0.1, 0.15) is 40.6 Å². The van der Waals surface area contributed by atoms with E-state index in [1.807, 2.05) is 0 Å². The molecule has 0 spiro atoms. The molecule has 0 aliphatic heterocycles. The topological polar surface area (TPSA) is 69.7 Å². The Kier molecular flexibility index (Phi) is 19.8. The lowest BCUT2D eigenvalue weighted by molar-refractivity contribution is -0.0727. The Labute approximate surface area is 369 Å². The van der Waals surface area contributed by atoms with Crippen molar-refractivity contribution in [3.8, 4) is 0 Å². The molecule has 0 heterocycles. The summed E-state index contributed by atoms with van der Waals surface area (Å²) >= 11 is 0. The third-order valence-electron chi connectivity index (χ3n) is 15.4. The van der Waals surface area contributed by atoms with Crippen LogP contribution >= 0.6 is 63.6 Å². The molecule has 0 amide bonds. The van der Waals surface area contributed by atoms with E-state index in [4.69, 9.17) is 9.47 Å². The quantitative estimate of drug-likeness (QED) is 0.107. The van der Waals surface area contributed by atoms with E-state index in [0.29, 0.717) is 12.3 Å². The summed E-state index contributed by atoms with van der Waals surface area (Å²) in [5.41, 5.74) is -0.188. The normalized spacial score (nSPS) is 36.8. The maximum absolute atomic E-state index is 15.1. The molecule has 336 valence electrons. The zero-order valence-corrected chi connectivity index (χ0v) is 46.9. The number of rotatable bonds is 17. The highest BCUT2D eigenvalue weighted by Gasteiger charge is 2.59. The summed E-state index contributed by atoms with van der Waals surface area (Å²) < 4.78 is 58.9. The van der Waals surface area contributed by atoms with E-state index in [2.05, 4.69) is 91.9 Å². The van der Waals surface area contributed by atoms with Crippen LogP contribution in [0.3, 0.4) is 0 Å². The van der Waals surface area contributed by atoms with E-state index in [9.17, 15) is 9.13 Å². The molecule has 4 fully saturated rings. The van der Waals surface area contributed by atoms with Gasteiger partial charge in [-0.2, -0.15) is 0 Å². The van der Waals surface area contributed by atoms with Crippen molar-refractivity contribution in [2.75, 3.05) is 51.8 Å². The minimum absolute atomic E-state index is 0.0416. The molecule has 59 heavy (non-hydrogen) atoms. The van der Waals surface area contributed by atoms with Crippen LogP contribution in [0.25, 0.3) is 0 Å². The molecule has 14 heteroatoms. The highest BCUT2D eigenvalue weighted by Crippen LogP contribution is 2.85. The molecule has 0 bridgehead atoms. The van der Waals surface area contributed by atoms with Crippen LogP contribution in [0.15, 0.2) is 0 Å². The Hall–Kier alpha value is 1.63. The molecule has 0 aromatic heterocycles. The van der Waals surface area contributed by atoms with E-state index in [1.165, 1.54) is 44.9 Å². The molecular weight excluding hydrogens is 899 g/mol. The molecule has 0 radical (unpaired) electrons. The third-order valence-corrected chi connectivity index (χ3v) is 59.3. The maximum atomic E-state index is 15.1. The van der Waals surface area contributed by atoms with Crippen LogP contribution in [0, 0.1) is 21.7 Å². The number of ether oxygens (including phenoxy) is 2. The zero-order valence-electron chi connectivity index (χ0n) is 38.9. The van der Waals surface area contributed by atoms with Gasteiger partial charge in [-0.3, -0.25) is 4.57 Å². The van der Waals surface area contributed by atoms with E-state index >= 15 is 4.57 Å². The lowest BCUT2D eigenvalue weighted by atomic mass is 9.58. The molecule has 4 saturated carbocycles. The maximum Gasteiger partial charge on any atom is 0.431 e. The van der Waals surface area contributed by atoms with Crippen molar-refractivity contribution in [3.63, 3.8) is 0 Å². The van der Waals surface area contributed by atoms with Gasteiger partial charge in [-0.05, 0) is 98.7 Å². The highest BCUT2D eigenvalue weighted by molar-refractivity contribution is 8.62. The minimum Gasteiger partial charge on any atom is -0.375 e. The molecule has 4 rings (SSSR count). The molecular formula is C45H86O5P9+5. The monoisotopic (exact) mass is 985 g/mol. The average Bonchev–Trinajstić information content (AvgIpc) is 3.63. The first-order chi connectivity index (χ1) is 27.4. The zero-order chi connectivity index (χ0) is 44.1. The van der Waals surface area contributed by atoms with Crippen molar-refractivity contribution in [3.05, 3.63) is 0 Å². The Bertz CT molecular complexity index is 1700. The summed E-state index contributed by atoms with van der Waals surface area (Å²) in [6.07, 6.45) is 50.7. The fourth-order valence-electron chi connectivity index (χ4n) is 11.8. The van der Waals surface area contributed by atoms with Gasteiger partial charge in [-0.15, -0.1) is 0 Å². The molecule has 4 aliphatic carbocycles. The van der Waals surface area contributed by atoms with E-state index in [-0.39, 0.29) is 46.1 Å². The summed E-state index contributed by atoms with van der Waals surface area (Å²) in [5, 5.41) is 0. The predicted molar refractivity (Wildman–Crippen MR) is 288 cm³/mol. The largest absolute Gasteiger partial charge is 0.431 e. The van der Waals surface area contributed by atoms with Crippen molar-refractivity contribution in [1.82, 2.24) is 0 Å². The van der Waals surface area contributed by atoms with Gasteiger partial charge in [0.2, 0.25) is 0 Å². The number of hydrogen-bond donors (Lipinski definition) is 0. The van der Waals surface area contributed by atoms with Gasteiger partial charge in [0.25, 0.3) is 0 Å². The molecule has 5 nitrogen and oxygen atoms in total. The Morgan fingerprint density at radius 3 is 1.37 bits per heavy atom. The van der Waals surface area contributed by atoms with Gasteiger partial charge >= 0.3 is 19.6 Å². The second-order valence-corrected chi connectivity index (χ2v) is 58.3. The average molecular weight is 986 g/mol. The fourth-order valence-corrected chi connectivity index (χ4v) is 43.1. The first-order valence-electron chi connectivity index (χ1n) is 22.7. The first kappa shape index (κ1) is 53.2. The van der Waals surface area contributed by atoms with Crippen LogP contribution in [0.2, 0.25) is 0 Å². The van der Waals surface area contributed by atoms with Crippen molar-refractivity contribution in [1.29, 1.82) is 0 Å². The Morgan fingerprint density at radius 1 is 0.508 bits per heavy atom. The van der Waals surface area contributed by atoms with Gasteiger partial charge < -0.3 is 9.47 Å². The highest BCUT2D eigenvalue weighted by atomic mass is 32.5. The summed E-state index contributed by atoms with van der Waals surface area (Å²) in [4.78, 5) is 0. The molecule has 13 atom stereocenters. The second-order valence-electron chi connectivity index (χ2n) is 20.9. The molecule has 0 aromatic carbocycles. The van der Waals surface area contributed by atoms with Crippen molar-refractivity contribution in [2.45, 2.75) is 174 Å². The van der Waals surface area contributed by atoms with E-state index in [1.54, 1.807) is 0 Å². The van der Waals surface area contributed by atoms with Crippen LogP contribution in [0.5, 0.6) is 0 Å². The van der Waals surface area contributed by atoms with Crippen molar-refractivity contribution >= 4 is 101 Å². The fraction of sp³-hybridized carbons (Fsp3) is 0.867. The first-order valence-corrected chi connectivity index (χ1v) is 43.5. The van der Waals surface area contributed by atoms with Crippen LogP contribution in [-0.2, 0) is 23.2 Å². The molecule has 4 aliphatic rings. The standard InChI is InChI=1S/C45H86O5P9/c1-42(35-57(46,51-4)52(5)6)27-21-17-23-38(31-42)49-40-25-26-41(33-43(2,32-40)36-58(47,53(7)8)54(9)10)50-39-24-18-22-30-45(34-39,37-59(48,55(11)12)56(13)14)44(3)28-19-15-16-20-29-44/h38-41H,4-5,7,9,11,13,15-37H2,1-3,6,8,10,12,14H3/q+5. The van der Waals surface area contributed by atoms with Crippen LogP contribution in [0.4, 0.5) is 0 Å². The summed E-state index contributed by atoms with van der Waals surface area (Å²) in [6, 6.07) is 0. The van der Waals surface area contributed by atoms with Crippen LogP contribution < -0.4 is 0 Å². The Morgan fingerprint density at radius 2 is 0.915 bits per heavy atom. The second kappa shape index (κ2) is 22.0. The van der Waals surface area contributed by atoms with Gasteiger partial charge in [-0.25, -0.2) is 9.13 Å². The van der Waals surface area contributed by atoms with Gasteiger partial charge in [-0.1, -0.05) is 78.4 Å². The van der Waals surface area contributed by atoms with Crippen molar-refractivity contribution < 1.29 is 23.2 Å². The van der Waals surface area contributed by atoms with Crippen LogP contribution in [-0.4, -0.2) is 114 Å². The summed E-state index contributed by atoms with van der Waals surface area (Å²) in [5.74, 6) is 0. The smallest absolute Gasteiger partial charge is 0.375 e. The molecule has 0 saturated heterocycles. The minimum atomic E-state index is -2.61. The van der Waals surface area contributed by atoms with Crippen molar-refractivity contribution in [2.24, 2.45) is 21.7 Å². The lowest BCUT2D eigenvalue weighted by Crippen LogP contribution is -2.45. The SMILES string of the molecule is C=PP(=O)(CC1(C)CCCCC(OC2CCC(OC3CCCCC(CP(=O)([P+](=C)C)[P+](=C)C)(C4(C)CCCCCC4)C3)CC(C)(CP(=O)([P+](=C)C)[P+](=C)C)C2)C1)[P+](=C)C. The molecule has 13 unspecified atom stereocenters. The molecule has 0 N–H and O–H groups in total. The third kappa shape index (κ3) is 13.4. The lowest BCUT2D eigenvalue weighted by Gasteiger charge is -2.50. The molecule has 0 aromatic rings. The predicted octanol–water partition coefficient (Wildman–Crippen LogP) is 17.0. The van der Waals surface area contributed by atoms with E-state index in [0.717, 1.165) is 97.5 Å². The van der Waals surface area contributed by atoms with Gasteiger partial charge in [0.15, 0.2) is 28.9 Å². The number of hydrogen-bond acceptors (Lipinski definition) is 5. The summed E-state index contributed by atoms with van der Waals surface area (Å²) in [6.45, 7) is 10.2. The van der Waals surface area contributed by atoms with Gasteiger partial charge in [0.05, 0.1) is 74.4 Å². The van der Waals surface area contributed by atoms with Crippen LogP contribution in [0.1, 0.15) is 149 Å². The Balaban J connectivity index is 1.68. The summed E-state index contributed by atoms with van der Waals surface area (Å²) in [7, 11) is -3.48. The van der Waals surface area contributed by atoms with E-state index < -0.39 is 55.7 Å².